The fourth-order valence-electron chi connectivity index (χ4n) is 3.73. The minimum absolute atomic E-state index is 0.0272. The number of aromatic amines is 1. The van der Waals surface area contributed by atoms with Crippen LogP contribution in [0.3, 0.4) is 0 Å². The molecule has 0 aliphatic carbocycles. The third-order valence-corrected chi connectivity index (χ3v) is 6.14. The molecule has 2 heterocycles. The highest BCUT2D eigenvalue weighted by Gasteiger charge is 2.17. The van der Waals surface area contributed by atoms with Crippen LogP contribution in [0, 0.1) is 5.92 Å². The number of hydrogen-bond donors (Lipinski definition) is 4. The molecule has 0 radical (unpaired) electrons. The monoisotopic (exact) mass is 472 g/mol. The molecule has 3 aromatic rings. The number of aromatic nitrogens is 4. The van der Waals surface area contributed by atoms with Gasteiger partial charge in [0.25, 0.3) is 0 Å². The lowest BCUT2D eigenvalue weighted by Gasteiger charge is -2.22. The topological polar surface area (TPSA) is 140 Å². The number of H-pyrrole nitrogens is 1. The maximum atomic E-state index is 12.7. The molecule has 34 heavy (non-hydrogen) atoms. The second-order valence-electron chi connectivity index (χ2n) is 8.51. The lowest BCUT2D eigenvalue weighted by molar-refractivity contribution is 0.201. The number of ether oxygens (including phenoxy) is 2. The van der Waals surface area contributed by atoms with E-state index in [4.69, 9.17) is 15.2 Å². The van der Waals surface area contributed by atoms with E-state index in [2.05, 4.69) is 41.0 Å². The number of nitrogens with zero attached hydrogens (tertiary/aromatic N) is 3. The molecule has 0 saturated carbocycles. The van der Waals surface area contributed by atoms with E-state index in [-0.39, 0.29) is 36.7 Å². The minimum Gasteiger partial charge on any atom is -0.496 e. The molecule has 0 aliphatic rings. The highest BCUT2D eigenvalue weighted by Crippen LogP contribution is 2.24. The van der Waals surface area contributed by atoms with Crippen molar-refractivity contribution in [1.29, 1.82) is 0 Å². The Labute approximate surface area is 199 Å². The Hall–Kier alpha value is -3.11. The zero-order chi connectivity index (χ0) is 24.7. The molecule has 1 aromatic carbocycles. The molecule has 10 heteroatoms. The summed E-state index contributed by atoms with van der Waals surface area (Å²) in [5.41, 5.74) is 8.32. The number of imidazole rings is 1. The van der Waals surface area contributed by atoms with Crippen molar-refractivity contribution in [2.24, 2.45) is 5.92 Å². The largest absolute Gasteiger partial charge is 0.496 e. The molecule has 0 spiro atoms. The Balaban J connectivity index is 1.85. The molecule has 0 unspecified atom stereocenters. The number of benzene rings is 1. The molecule has 0 saturated heterocycles. The normalized spacial score (nSPS) is 13.2. The fourth-order valence-corrected chi connectivity index (χ4v) is 3.73. The van der Waals surface area contributed by atoms with Gasteiger partial charge in [-0.2, -0.15) is 9.97 Å². The highest BCUT2D eigenvalue weighted by molar-refractivity contribution is 5.82. The summed E-state index contributed by atoms with van der Waals surface area (Å²) in [5.74, 6) is 1.19. The lowest BCUT2D eigenvalue weighted by atomic mass is 9.99. The van der Waals surface area contributed by atoms with Crippen molar-refractivity contribution in [3.05, 3.63) is 39.8 Å². The standard InChI is InChI=1S/C24H36N6O4/c1-5-7-10-34-23-28-21(25)20-22(29-23)30(24(32)27-20)13-17-9-8-16(11-19(17)33-4)12-26-18(14-31)15(3)6-2/h8-9,11,15,18,26,31H,5-7,10,12-14H2,1-4H3,(H,27,32)(H2,25,28,29)/t15-,18+/m0/s1. The van der Waals surface area contributed by atoms with Crippen molar-refractivity contribution in [2.75, 3.05) is 26.1 Å². The summed E-state index contributed by atoms with van der Waals surface area (Å²) in [6.45, 7) is 7.70. The van der Waals surface area contributed by atoms with E-state index in [1.807, 2.05) is 18.2 Å². The van der Waals surface area contributed by atoms with Gasteiger partial charge in [0.1, 0.15) is 11.3 Å². The smallest absolute Gasteiger partial charge is 0.328 e. The van der Waals surface area contributed by atoms with E-state index in [9.17, 15) is 9.90 Å². The maximum Gasteiger partial charge on any atom is 0.328 e. The Morgan fingerprint density at radius 3 is 2.76 bits per heavy atom. The number of aliphatic hydroxyl groups excluding tert-OH is 1. The summed E-state index contributed by atoms with van der Waals surface area (Å²) >= 11 is 0. The molecule has 10 nitrogen and oxygen atoms in total. The van der Waals surface area contributed by atoms with Crippen molar-refractivity contribution in [2.45, 2.75) is 59.2 Å². The van der Waals surface area contributed by atoms with Crippen LogP contribution in [0.5, 0.6) is 11.8 Å². The number of hydrogen-bond acceptors (Lipinski definition) is 8. The first kappa shape index (κ1) is 25.5. The first-order chi connectivity index (χ1) is 16.4. The molecular formula is C24H36N6O4. The number of methoxy groups -OCH3 is 1. The van der Waals surface area contributed by atoms with Gasteiger partial charge in [-0.15, -0.1) is 0 Å². The average molecular weight is 473 g/mol. The number of fused-ring (bicyclic) bond motifs is 1. The van der Waals surface area contributed by atoms with E-state index < -0.39 is 0 Å². The molecule has 2 atom stereocenters. The van der Waals surface area contributed by atoms with Gasteiger partial charge in [0.2, 0.25) is 0 Å². The van der Waals surface area contributed by atoms with Crippen LogP contribution in [0.1, 0.15) is 51.2 Å². The number of rotatable bonds is 13. The molecule has 0 bridgehead atoms. The van der Waals surface area contributed by atoms with Crippen LogP contribution in [-0.2, 0) is 13.1 Å². The number of anilines is 1. The SMILES string of the molecule is CCCCOc1nc(N)c2[nH]c(=O)n(Cc3ccc(CN[C@H](CO)[C@@H](C)CC)cc3OC)c2n1. The van der Waals surface area contributed by atoms with Gasteiger partial charge in [-0.25, -0.2) is 4.79 Å². The predicted octanol–water partition coefficient (Wildman–Crippen LogP) is 2.43. The molecule has 0 aliphatic heterocycles. The molecule has 0 fully saturated rings. The molecule has 5 N–H and O–H groups in total. The van der Waals surface area contributed by atoms with Crippen molar-refractivity contribution >= 4 is 17.0 Å². The zero-order valence-corrected chi connectivity index (χ0v) is 20.4. The second-order valence-corrected chi connectivity index (χ2v) is 8.51. The van der Waals surface area contributed by atoms with Gasteiger partial charge >= 0.3 is 11.7 Å². The lowest BCUT2D eigenvalue weighted by Crippen LogP contribution is -2.37. The Morgan fingerprint density at radius 1 is 1.29 bits per heavy atom. The van der Waals surface area contributed by atoms with Crippen LogP contribution >= 0.6 is 0 Å². The maximum absolute atomic E-state index is 12.7. The Kier molecular flexibility index (Phi) is 8.89. The first-order valence-electron chi connectivity index (χ1n) is 11.8. The van der Waals surface area contributed by atoms with Crippen molar-refractivity contribution in [1.82, 2.24) is 24.8 Å². The van der Waals surface area contributed by atoms with Gasteiger partial charge in [0.05, 0.1) is 26.9 Å². The van der Waals surface area contributed by atoms with E-state index in [1.165, 1.54) is 4.57 Å². The summed E-state index contributed by atoms with van der Waals surface area (Å²) in [5, 5.41) is 13.1. The summed E-state index contributed by atoms with van der Waals surface area (Å²) in [7, 11) is 1.60. The predicted molar refractivity (Wildman–Crippen MR) is 132 cm³/mol. The van der Waals surface area contributed by atoms with E-state index in [1.54, 1.807) is 7.11 Å². The van der Waals surface area contributed by atoms with Crippen LogP contribution in [0.4, 0.5) is 5.82 Å². The van der Waals surface area contributed by atoms with Gasteiger partial charge in [-0.1, -0.05) is 45.7 Å². The number of nitrogens with one attached hydrogen (secondary N) is 2. The number of nitrogens with two attached hydrogens (primary N) is 1. The van der Waals surface area contributed by atoms with Crippen LogP contribution in [0.25, 0.3) is 11.2 Å². The second kappa shape index (κ2) is 11.8. The van der Waals surface area contributed by atoms with Crippen molar-refractivity contribution < 1.29 is 14.6 Å². The molecule has 3 rings (SSSR count). The minimum atomic E-state index is -0.339. The summed E-state index contributed by atoms with van der Waals surface area (Å²) in [6, 6.07) is 6.04. The van der Waals surface area contributed by atoms with Gasteiger partial charge in [-0.3, -0.25) is 4.57 Å². The summed E-state index contributed by atoms with van der Waals surface area (Å²) < 4.78 is 12.7. The third-order valence-electron chi connectivity index (χ3n) is 6.14. The van der Waals surface area contributed by atoms with E-state index >= 15 is 0 Å². The van der Waals surface area contributed by atoms with Gasteiger partial charge in [0, 0.05) is 18.2 Å². The number of unbranched alkanes of at least 4 members (excludes halogenated alkanes) is 1. The Morgan fingerprint density at radius 2 is 2.09 bits per heavy atom. The Bertz CT molecular complexity index is 1140. The quantitative estimate of drug-likeness (QED) is 0.278. The number of nitrogen functional groups attached to an aromatic ring is 1. The van der Waals surface area contributed by atoms with Gasteiger partial charge in [0.15, 0.2) is 11.5 Å². The van der Waals surface area contributed by atoms with Crippen molar-refractivity contribution in [3.8, 4) is 11.8 Å². The first-order valence-corrected chi connectivity index (χ1v) is 11.8. The highest BCUT2D eigenvalue weighted by atomic mass is 16.5. The van der Waals surface area contributed by atoms with Crippen LogP contribution in [-0.4, -0.2) is 51.0 Å². The number of aliphatic hydroxyl groups is 1. The molecular weight excluding hydrogens is 436 g/mol. The van der Waals surface area contributed by atoms with Gasteiger partial charge < -0.3 is 30.6 Å². The fraction of sp³-hybridized carbons (Fsp3) is 0.542. The molecule has 0 amide bonds. The average Bonchev–Trinajstić information content (AvgIpc) is 3.15. The van der Waals surface area contributed by atoms with E-state index in [0.29, 0.717) is 36.0 Å². The van der Waals surface area contributed by atoms with Crippen LogP contribution in [0.15, 0.2) is 23.0 Å². The van der Waals surface area contributed by atoms with Crippen molar-refractivity contribution in [3.63, 3.8) is 0 Å². The molecule has 186 valence electrons. The summed E-state index contributed by atoms with van der Waals surface area (Å²) in [4.78, 5) is 24.0. The third kappa shape index (κ3) is 5.87. The van der Waals surface area contributed by atoms with E-state index in [0.717, 1.165) is 30.4 Å². The van der Waals surface area contributed by atoms with Crippen LogP contribution in [0.2, 0.25) is 0 Å². The summed E-state index contributed by atoms with van der Waals surface area (Å²) in [6.07, 6.45) is 2.84. The zero-order valence-electron chi connectivity index (χ0n) is 20.4. The molecule has 2 aromatic heterocycles. The van der Waals surface area contributed by atoms with Crippen LogP contribution < -0.4 is 26.2 Å². The van der Waals surface area contributed by atoms with Gasteiger partial charge in [-0.05, 0) is 24.0 Å².